The first kappa shape index (κ1) is 21.7. The Bertz CT molecular complexity index is 1100. The number of anilines is 1. The molecule has 5 aliphatic carbocycles. The second-order valence-electron chi connectivity index (χ2n) is 11.0. The first-order valence-corrected chi connectivity index (χ1v) is 12.4. The van der Waals surface area contributed by atoms with Crippen molar-refractivity contribution in [3.8, 4) is 0 Å². The van der Waals surface area contributed by atoms with Gasteiger partial charge in [0.15, 0.2) is 0 Å². The van der Waals surface area contributed by atoms with E-state index in [4.69, 9.17) is 5.73 Å². The molecule has 4 N–H and O–H groups in total. The van der Waals surface area contributed by atoms with Gasteiger partial charge in [0.1, 0.15) is 5.82 Å². The van der Waals surface area contributed by atoms with E-state index in [0.717, 1.165) is 49.8 Å². The number of hydrogen-bond acceptors (Lipinski definition) is 4. The lowest BCUT2D eigenvalue weighted by Crippen LogP contribution is -2.49. The maximum atomic E-state index is 13.5. The number of nitrogens with two attached hydrogens (primary N) is 1. The number of nitrogens with zero attached hydrogens (tertiary/aromatic N) is 1. The molecule has 2 amide bonds. The predicted molar refractivity (Wildman–Crippen MR) is 126 cm³/mol. The Morgan fingerprint density at radius 3 is 2.50 bits per heavy atom. The molecule has 5 aliphatic rings. The van der Waals surface area contributed by atoms with Crippen molar-refractivity contribution in [2.45, 2.75) is 50.0 Å². The van der Waals surface area contributed by atoms with E-state index in [1.54, 1.807) is 24.5 Å². The van der Waals surface area contributed by atoms with Crippen molar-refractivity contribution in [1.82, 2.24) is 10.3 Å². The molecule has 5 saturated carbocycles. The van der Waals surface area contributed by atoms with Crippen LogP contribution < -0.4 is 16.4 Å². The summed E-state index contributed by atoms with van der Waals surface area (Å²) in [5.74, 6) is 1.32. The number of carbonyl (C=O) groups excluding carboxylic acids is 2. The number of hydrogen-bond donors (Lipinski definition) is 3. The topological polar surface area (TPSA) is 97.1 Å². The van der Waals surface area contributed by atoms with Gasteiger partial charge in [-0.15, -0.1) is 0 Å². The zero-order chi connectivity index (χ0) is 23.5. The quantitative estimate of drug-likeness (QED) is 0.588. The Balaban J connectivity index is 1.13. The molecule has 6 nitrogen and oxygen atoms in total. The van der Waals surface area contributed by atoms with Crippen LogP contribution in [0.25, 0.3) is 0 Å². The fourth-order valence-corrected chi connectivity index (χ4v) is 7.62. The molecular formula is C27H31FN4O2. The molecule has 1 heterocycles. The van der Waals surface area contributed by atoms with Crippen LogP contribution in [0.4, 0.5) is 10.1 Å². The minimum atomic E-state index is -0.549. The van der Waals surface area contributed by atoms with Crippen LogP contribution >= 0.6 is 0 Å². The molecule has 2 aromatic rings. The van der Waals surface area contributed by atoms with Crippen molar-refractivity contribution in [2.24, 2.45) is 34.8 Å². The predicted octanol–water partition coefficient (Wildman–Crippen LogP) is 3.39. The Labute approximate surface area is 198 Å². The van der Waals surface area contributed by atoms with E-state index in [2.05, 4.69) is 15.6 Å². The van der Waals surface area contributed by atoms with Crippen LogP contribution in [0.3, 0.4) is 0 Å². The summed E-state index contributed by atoms with van der Waals surface area (Å²) in [6.07, 6.45) is 8.92. The number of amides is 2. The van der Waals surface area contributed by atoms with Gasteiger partial charge in [0.05, 0.1) is 10.8 Å². The molecule has 0 saturated heterocycles. The molecule has 178 valence electrons. The Morgan fingerprint density at radius 1 is 1.06 bits per heavy atom. The molecule has 5 fully saturated rings. The first-order valence-electron chi connectivity index (χ1n) is 12.4. The van der Waals surface area contributed by atoms with E-state index in [-0.39, 0.29) is 40.9 Å². The molecule has 4 bridgehead atoms. The summed E-state index contributed by atoms with van der Waals surface area (Å²) in [6, 6.07) is 9.71. The zero-order valence-corrected chi connectivity index (χ0v) is 19.2. The normalized spacial score (nSPS) is 32.9. The number of nitrogens with one attached hydrogen (secondary N) is 2. The Hall–Kier alpha value is -2.80. The van der Waals surface area contributed by atoms with Crippen LogP contribution in [0.2, 0.25) is 0 Å². The van der Waals surface area contributed by atoms with Crippen LogP contribution in [0.5, 0.6) is 0 Å². The number of benzene rings is 1. The summed E-state index contributed by atoms with van der Waals surface area (Å²) < 4.78 is 13.3. The second kappa shape index (κ2) is 7.87. The van der Waals surface area contributed by atoms with Gasteiger partial charge >= 0.3 is 0 Å². The number of rotatable bonds is 7. The molecule has 0 radical (unpaired) electrons. The van der Waals surface area contributed by atoms with Crippen molar-refractivity contribution in [3.63, 3.8) is 0 Å². The Kier molecular flexibility index (Phi) is 5.03. The number of halogens is 1. The number of aromatic nitrogens is 1. The van der Waals surface area contributed by atoms with Crippen LogP contribution in [0, 0.1) is 34.9 Å². The largest absolute Gasteiger partial charge is 0.354 e. The SMILES string of the molecule is NC(CNC(=O)C1(c2ccc(F)cc2)CC1)C1C2CC3CC1C(C(=O)Nc1ccncc1)(C3)C2. The molecule has 0 spiro atoms. The maximum Gasteiger partial charge on any atom is 0.230 e. The van der Waals surface area contributed by atoms with Gasteiger partial charge < -0.3 is 16.4 Å². The van der Waals surface area contributed by atoms with Gasteiger partial charge in [0.2, 0.25) is 11.8 Å². The van der Waals surface area contributed by atoms with Gasteiger partial charge in [-0.2, -0.15) is 0 Å². The van der Waals surface area contributed by atoms with Crippen LogP contribution in [-0.2, 0) is 15.0 Å². The van der Waals surface area contributed by atoms with Gasteiger partial charge in [-0.05, 0) is 92.0 Å². The fraction of sp³-hybridized carbons (Fsp3) is 0.519. The summed E-state index contributed by atoms with van der Waals surface area (Å²) in [5, 5.41) is 6.24. The Morgan fingerprint density at radius 2 is 1.79 bits per heavy atom. The van der Waals surface area contributed by atoms with Crippen molar-refractivity contribution in [3.05, 3.63) is 60.2 Å². The average molecular weight is 463 g/mol. The highest BCUT2D eigenvalue weighted by molar-refractivity contribution is 5.96. The number of carbonyl (C=O) groups is 2. The molecule has 7 heteroatoms. The van der Waals surface area contributed by atoms with E-state index in [1.165, 1.54) is 12.1 Å². The van der Waals surface area contributed by atoms with E-state index < -0.39 is 5.41 Å². The minimum Gasteiger partial charge on any atom is -0.354 e. The first-order chi connectivity index (χ1) is 16.4. The summed E-state index contributed by atoms with van der Waals surface area (Å²) in [5.41, 5.74) is 7.47. The average Bonchev–Trinajstić information content (AvgIpc) is 3.56. The third-order valence-corrected chi connectivity index (χ3v) is 9.19. The third kappa shape index (κ3) is 3.35. The van der Waals surface area contributed by atoms with E-state index in [0.29, 0.717) is 18.4 Å². The van der Waals surface area contributed by atoms with Crippen molar-refractivity contribution < 1.29 is 14.0 Å². The van der Waals surface area contributed by atoms with Crippen LogP contribution in [0.15, 0.2) is 48.8 Å². The summed E-state index contributed by atoms with van der Waals surface area (Å²) >= 11 is 0. The molecule has 6 unspecified atom stereocenters. The minimum absolute atomic E-state index is 0.0212. The molecule has 0 aliphatic heterocycles. The molecule has 1 aromatic carbocycles. The summed E-state index contributed by atoms with van der Waals surface area (Å²) in [6.45, 7) is 0.409. The third-order valence-electron chi connectivity index (χ3n) is 9.19. The highest BCUT2D eigenvalue weighted by atomic mass is 19.1. The van der Waals surface area contributed by atoms with Gasteiger partial charge in [-0.25, -0.2) is 4.39 Å². The molecule has 6 atom stereocenters. The summed E-state index contributed by atoms with van der Waals surface area (Å²) in [7, 11) is 0. The smallest absolute Gasteiger partial charge is 0.230 e. The summed E-state index contributed by atoms with van der Waals surface area (Å²) in [4.78, 5) is 30.6. The van der Waals surface area contributed by atoms with Crippen LogP contribution in [0.1, 0.15) is 44.1 Å². The lowest BCUT2D eigenvalue weighted by molar-refractivity contribution is -0.127. The van der Waals surface area contributed by atoms with Gasteiger partial charge in [0, 0.05) is 30.7 Å². The molecule has 1 aromatic heterocycles. The molecule has 34 heavy (non-hydrogen) atoms. The second-order valence-corrected chi connectivity index (χ2v) is 11.0. The van der Waals surface area contributed by atoms with Crippen molar-refractivity contribution >= 4 is 17.5 Å². The lowest BCUT2D eigenvalue weighted by atomic mass is 9.72. The fourth-order valence-electron chi connectivity index (χ4n) is 7.62. The van der Waals surface area contributed by atoms with Gasteiger partial charge in [-0.1, -0.05) is 12.1 Å². The molecule has 7 rings (SSSR count). The zero-order valence-electron chi connectivity index (χ0n) is 19.2. The highest BCUT2D eigenvalue weighted by Gasteiger charge is 2.66. The molecular weight excluding hydrogens is 431 g/mol. The van der Waals surface area contributed by atoms with E-state index in [9.17, 15) is 14.0 Å². The monoisotopic (exact) mass is 462 g/mol. The highest BCUT2D eigenvalue weighted by Crippen LogP contribution is 2.68. The maximum absolute atomic E-state index is 13.5. The van der Waals surface area contributed by atoms with Crippen LogP contribution in [-0.4, -0.2) is 29.4 Å². The van der Waals surface area contributed by atoms with Crippen molar-refractivity contribution in [2.75, 3.05) is 11.9 Å². The van der Waals surface area contributed by atoms with Gasteiger partial charge in [-0.3, -0.25) is 14.6 Å². The van der Waals surface area contributed by atoms with E-state index in [1.807, 2.05) is 12.1 Å². The lowest BCUT2D eigenvalue weighted by Gasteiger charge is -2.36. The van der Waals surface area contributed by atoms with Crippen molar-refractivity contribution in [1.29, 1.82) is 0 Å². The number of pyridine rings is 1. The van der Waals surface area contributed by atoms with Gasteiger partial charge in [0.25, 0.3) is 0 Å². The standard InChI is InChI=1S/C27H31FN4O2/c28-19-3-1-18(2-4-19)26(7-8-26)24(33)31-15-22(29)23-17-11-16-12-21(23)27(13-16,14-17)25(34)32-20-5-9-30-10-6-20/h1-6,9-10,16-17,21-23H,7-8,11-15,29H2,(H,31,33)(H,30,32,34). The van der Waals surface area contributed by atoms with E-state index >= 15 is 0 Å².